The lowest BCUT2D eigenvalue weighted by Crippen LogP contribution is -2.40. The molecule has 0 aliphatic carbocycles. The van der Waals surface area contributed by atoms with E-state index in [1.165, 1.54) is 24.3 Å². The van der Waals surface area contributed by atoms with Crippen LogP contribution in [0, 0.1) is 0 Å². The zero-order chi connectivity index (χ0) is 13.1. The molecule has 1 atom stereocenters. The van der Waals surface area contributed by atoms with E-state index in [0.717, 1.165) is 0 Å². The van der Waals surface area contributed by atoms with Gasteiger partial charge < -0.3 is 10.4 Å². The molecule has 0 saturated heterocycles. The number of benzene rings is 1. The zero-order valence-corrected chi connectivity index (χ0v) is 9.22. The minimum atomic E-state index is -4.97. The molecular formula is C10H9ClF3NO2. The van der Waals surface area contributed by atoms with E-state index in [0.29, 0.717) is 10.6 Å². The largest absolute Gasteiger partial charge is 0.471 e. The highest BCUT2D eigenvalue weighted by Gasteiger charge is 2.39. The molecule has 1 unspecified atom stereocenters. The number of aliphatic hydroxyl groups excluding tert-OH is 1. The predicted octanol–water partition coefficient (Wildman–Crippen LogP) is 2.05. The van der Waals surface area contributed by atoms with Crippen LogP contribution in [0.1, 0.15) is 11.6 Å². The standard InChI is InChI=1S/C10H9ClF3NO2/c11-7-3-1-6(2-4-7)8(5-16)15-9(17)10(12,13)14/h1-4,8,16H,5H2,(H,15,17). The fourth-order valence-electron chi connectivity index (χ4n) is 1.17. The number of alkyl halides is 3. The van der Waals surface area contributed by atoms with Crippen molar-refractivity contribution in [3.8, 4) is 0 Å². The minimum Gasteiger partial charge on any atom is -0.394 e. The van der Waals surface area contributed by atoms with Gasteiger partial charge in [-0.1, -0.05) is 23.7 Å². The molecule has 0 bridgehead atoms. The first-order valence-corrected chi connectivity index (χ1v) is 4.96. The van der Waals surface area contributed by atoms with Gasteiger partial charge >= 0.3 is 12.1 Å². The second kappa shape index (κ2) is 5.37. The highest BCUT2D eigenvalue weighted by molar-refractivity contribution is 6.30. The Morgan fingerprint density at radius 2 is 1.88 bits per heavy atom. The molecular weight excluding hydrogens is 259 g/mol. The van der Waals surface area contributed by atoms with Crippen LogP contribution in [0.25, 0.3) is 0 Å². The second-order valence-corrected chi connectivity index (χ2v) is 3.69. The summed E-state index contributed by atoms with van der Waals surface area (Å²) >= 11 is 5.61. The molecule has 94 valence electrons. The van der Waals surface area contributed by atoms with Crippen molar-refractivity contribution in [3.63, 3.8) is 0 Å². The van der Waals surface area contributed by atoms with Crippen molar-refractivity contribution in [2.45, 2.75) is 12.2 Å². The first kappa shape index (κ1) is 13.8. The number of rotatable bonds is 3. The van der Waals surface area contributed by atoms with Crippen LogP contribution in [0.5, 0.6) is 0 Å². The van der Waals surface area contributed by atoms with Gasteiger partial charge in [0.1, 0.15) is 0 Å². The highest BCUT2D eigenvalue weighted by atomic mass is 35.5. The molecule has 0 fully saturated rings. The van der Waals surface area contributed by atoms with Gasteiger partial charge in [0.2, 0.25) is 0 Å². The highest BCUT2D eigenvalue weighted by Crippen LogP contribution is 2.20. The summed E-state index contributed by atoms with van der Waals surface area (Å²) in [4.78, 5) is 10.7. The summed E-state index contributed by atoms with van der Waals surface area (Å²) in [5.41, 5.74) is 0.342. The number of halogens is 4. The summed E-state index contributed by atoms with van der Waals surface area (Å²) in [5.74, 6) is -2.09. The molecule has 0 saturated carbocycles. The molecule has 3 nitrogen and oxygen atoms in total. The van der Waals surface area contributed by atoms with Gasteiger partial charge in [-0.15, -0.1) is 0 Å². The number of nitrogens with one attached hydrogen (secondary N) is 1. The van der Waals surface area contributed by atoms with E-state index in [1.807, 2.05) is 0 Å². The fraction of sp³-hybridized carbons (Fsp3) is 0.300. The lowest BCUT2D eigenvalue weighted by molar-refractivity contribution is -0.174. The topological polar surface area (TPSA) is 49.3 Å². The van der Waals surface area contributed by atoms with Gasteiger partial charge in [-0.3, -0.25) is 4.79 Å². The average Bonchev–Trinajstić information content (AvgIpc) is 2.25. The van der Waals surface area contributed by atoms with Crippen molar-refractivity contribution in [2.24, 2.45) is 0 Å². The summed E-state index contributed by atoms with van der Waals surface area (Å²) in [6, 6.07) is 4.67. The normalized spacial score (nSPS) is 13.2. The Balaban J connectivity index is 2.79. The van der Waals surface area contributed by atoms with Crippen LogP contribution in [-0.4, -0.2) is 23.8 Å². The molecule has 0 aromatic heterocycles. The molecule has 0 spiro atoms. The molecule has 0 aliphatic heterocycles. The Hall–Kier alpha value is -1.27. The van der Waals surface area contributed by atoms with Crippen LogP contribution >= 0.6 is 11.6 Å². The molecule has 1 aromatic rings. The van der Waals surface area contributed by atoms with Gasteiger partial charge in [0.15, 0.2) is 0 Å². The summed E-state index contributed by atoms with van der Waals surface area (Å²) in [7, 11) is 0. The zero-order valence-electron chi connectivity index (χ0n) is 8.46. The molecule has 2 N–H and O–H groups in total. The van der Waals surface area contributed by atoms with Crippen LogP contribution in [0.3, 0.4) is 0 Å². The third-order valence-corrected chi connectivity index (χ3v) is 2.27. The first-order valence-electron chi connectivity index (χ1n) is 4.58. The van der Waals surface area contributed by atoms with Crippen molar-refractivity contribution in [2.75, 3.05) is 6.61 Å². The maximum atomic E-state index is 12.0. The molecule has 0 heterocycles. The van der Waals surface area contributed by atoms with E-state index >= 15 is 0 Å². The van der Waals surface area contributed by atoms with Crippen molar-refractivity contribution in [3.05, 3.63) is 34.9 Å². The fourth-order valence-corrected chi connectivity index (χ4v) is 1.30. The van der Waals surface area contributed by atoms with Crippen LogP contribution in [0.4, 0.5) is 13.2 Å². The van der Waals surface area contributed by atoms with E-state index in [1.54, 1.807) is 5.32 Å². The van der Waals surface area contributed by atoms with Crippen LogP contribution in [0.15, 0.2) is 24.3 Å². The smallest absolute Gasteiger partial charge is 0.394 e. The lowest BCUT2D eigenvalue weighted by Gasteiger charge is -2.17. The Bertz CT molecular complexity index is 392. The lowest BCUT2D eigenvalue weighted by atomic mass is 10.1. The second-order valence-electron chi connectivity index (χ2n) is 3.26. The van der Waals surface area contributed by atoms with E-state index in [4.69, 9.17) is 16.7 Å². The molecule has 17 heavy (non-hydrogen) atoms. The van der Waals surface area contributed by atoms with E-state index in [2.05, 4.69) is 0 Å². The monoisotopic (exact) mass is 267 g/mol. The van der Waals surface area contributed by atoms with Gasteiger partial charge in [-0.2, -0.15) is 13.2 Å². The molecule has 7 heteroatoms. The van der Waals surface area contributed by atoms with Gasteiger partial charge in [-0.05, 0) is 17.7 Å². The summed E-state index contributed by atoms with van der Waals surface area (Å²) < 4.78 is 36.0. The Morgan fingerprint density at radius 3 is 2.29 bits per heavy atom. The molecule has 1 aromatic carbocycles. The van der Waals surface area contributed by atoms with Crippen molar-refractivity contribution >= 4 is 17.5 Å². The Morgan fingerprint density at radius 1 is 1.35 bits per heavy atom. The molecule has 0 aliphatic rings. The van der Waals surface area contributed by atoms with Crippen molar-refractivity contribution in [1.29, 1.82) is 0 Å². The number of carbonyl (C=O) groups is 1. The Kier molecular flexibility index (Phi) is 4.36. The van der Waals surface area contributed by atoms with Gasteiger partial charge in [-0.25, -0.2) is 0 Å². The molecule has 1 rings (SSSR count). The van der Waals surface area contributed by atoms with Crippen molar-refractivity contribution in [1.82, 2.24) is 5.32 Å². The maximum Gasteiger partial charge on any atom is 0.471 e. The number of hydrogen-bond donors (Lipinski definition) is 2. The molecule has 0 radical (unpaired) electrons. The maximum absolute atomic E-state index is 12.0. The van der Waals surface area contributed by atoms with E-state index in [9.17, 15) is 18.0 Å². The first-order chi connectivity index (χ1) is 7.84. The number of carbonyl (C=O) groups excluding carboxylic acids is 1. The summed E-state index contributed by atoms with van der Waals surface area (Å²) in [6.07, 6.45) is -4.97. The number of aliphatic hydroxyl groups is 1. The summed E-state index contributed by atoms with van der Waals surface area (Å²) in [5, 5.41) is 11.0. The van der Waals surface area contributed by atoms with E-state index < -0.39 is 24.7 Å². The third kappa shape index (κ3) is 3.90. The minimum absolute atomic E-state index is 0.342. The van der Waals surface area contributed by atoms with E-state index in [-0.39, 0.29) is 0 Å². The number of hydrogen-bond acceptors (Lipinski definition) is 2. The van der Waals surface area contributed by atoms with Gasteiger partial charge in [0, 0.05) is 5.02 Å². The molecule has 1 amide bonds. The van der Waals surface area contributed by atoms with Crippen molar-refractivity contribution < 1.29 is 23.1 Å². The predicted molar refractivity (Wildman–Crippen MR) is 55.5 cm³/mol. The summed E-state index contributed by atoms with van der Waals surface area (Å²) in [6.45, 7) is -0.635. The SMILES string of the molecule is O=C(NC(CO)c1ccc(Cl)cc1)C(F)(F)F. The van der Waals surface area contributed by atoms with Crippen LogP contribution < -0.4 is 5.32 Å². The average molecular weight is 268 g/mol. The van der Waals surface area contributed by atoms with Gasteiger partial charge in [0.25, 0.3) is 0 Å². The Labute approximate surface area is 100 Å². The van der Waals surface area contributed by atoms with Gasteiger partial charge in [0.05, 0.1) is 12.6 Å². The third-order valence-electron chi connectivity index (χ3n) is 2.02. The van der Waals surface area contributed by atoms with Crippen LogP contribution in [-0.2, 0) is 4.79 Å². The number of amides is 1. The van der Waals surface area contributed by atoms with Crippen LogP contribution in [0.2, 0.25) is 5.02 Å². The quantitative estimate of drug-likeness (QED) is 0.881.